The number of likely N-dealkylation sites (tertiary alicyclic amines) is 1. The zero-order valence-corrected chi connectivity index (χ0v) is 11.8. The predicted molar refractivity (Wildman–Crippen MR) is 65.2 cm³/mol. The molecule has 0 saturated carbocycles. The van der Waals surface area contributed by atoms with Gasteiger partial charge in [0.1, 0.15) is 6.04 Å². The molecule has 9 heteroatoms. The lowest BCUT2D eigenvalue weighted by atomic mass is 9.88. The monoisotopic (exact) mass is 310 g/mol. The number of halogens is 3. The van der Waals surface area contributed by atoms with Crippen LogP contribution in [0.3, 0.4) is 0 Å². The van der Waals surface area contributed by atoms with E-state index in [4.69, 9.17) is 5.11 Å². The minimum atomic E-state index is -4.65. The fourth-order valence-electron chi connectivity index (χ4n) is 2.34. The highest BCUT2D eigenvalue weighted by atomic mass is 19.4. The summed E-state index contributed by atoms with van der Waals surface area (Å²) in [5, 5.41) is 10.6. The first kappa shape index (κ1) is 17.3. The van der Waals surface area contributed by atoms with E-state index in [0.29, 0.717) is 0 Å². The van der Waals surface area contributed by atoms with E-state index < -0.39 is 41.5 Å². The first-order valence-corrected chi connectivity index (χ1v) is 6.31. The SMILES string of the molecule is C[C@@H](NC(=O)C(=O)N1CCC(C(=O)O)C1(C)C)C(F)(F)F. The lowest BCUT2D eigenvalue weighted by Gasteiger charge is -2.34. The van der Waals surface area contributed by atoms with Crippen LogP contribution in [0.25, 0.3) is 0 Å². The number of nitrogens with zero attached hydrogens (tertiary/aromatic N) is 1. The van der Waals surface area contributed by atoms with Gasteiger partial charge in [-0.3, -0.25) is 14.4 Å². The summed E-state index contributed by atoms with van der Waals surface area (Å²) in [5.41, 5.74) is -1.14. The highest BCUT2D eigenvalue weighted by molar-refractivity contribution is 6.35. The second-order valence-corrected chi connectivity index (χ2v) is 5.53. The van der Waals surface area contributed by atoms with Crippen molar-refractivity contribution < 1.29 is 32.7 Å². The predicted octanol–water partition coefficient (Wildman–Crippen LogP) is 0.765. The molecule has 0 aromatic rings. The third kappa shape index (κ3) is 3.45. The van der Waals surface area contributed by atoms with Gasteiger partial charge in [0, 0.05) is 6.54 Å². The molecule has 1 heterocycles. The number of aliphatic carboxylic acids is 1. The highest BCUT2D eigenvalue weighted by Crippen LogP contribution is 2.34. The van der Waals surface area contributed by atoms with E-state index in [1.165, 1.54) is 13.8 Å². The molecule has 0 aromatic heterocycles. The molecule has 0 spiro atoms. The number of hydrogen-bond acceptors (Lipinski definition) is 3. The number of hydrogen-bond donors (Lipinski definition) is 2. The lowest BCUT2D eigenvalue weighted by molar-refractivity contribution is -0.163. The number of carboxylic acid groups (broad SMARTS) is 1. The Labute approximate surface area is 119 Å². The molecule has 1 fully saturated rings. The fraction of sp³-hybridized carbons (Fsp3) is 0.750. The van der Waals surface area contributed by atoms with Gasteiger partial charge < -0.3 is 15.3 Å². The Morgan fingerprint density at radius 1 is 1.33 bits per heavy atom. The Kier molecular flexibility index (Phi) is 4.54. The van der Waals surface area contributed by atoms with Gasteiger partial charge in [-0.05, 0) is 27.2 Å². The van der Waals surface area contributed by atoms with Crippen molar-refractivity contribution in [3.05, 3.63) is 0 Å². The summed E-state index contributed by atoms with van der Waals surface area (Å²) in [4.78, 5) is 35.6. The molecule has 0 aromatic carbocycles. The standard InChI is InChI=1S/C12H17F3N2O4/c1-6(12(13,14)15)16-8(18)9(19)17-5-4-7(10(20)21)11(17,2)3/h6-7H,4-5H2,1-3H3,(H,16,18)(H,20,21)/t6-,7?/m1/s1. The summed E-state index contributed by atoms with van der Waals surface area (Å²) in [5.74, 6) is -4.52. The molecule has 6 nitrogen and oxygen atoms in total. The lowest BCUT2D eigenvalue weighted by Crippen LogP contribution is -2.55. The zero-order valence-electron chi connectivity index (χ0n) is 11.8. The summed E-state index contributed by atoms with van der Waals surface area (Å²) in [6.45, 7) is 3.67. The molecule has 0 bridgehead atoms. The first-order chi connectivity index (χ1) is 9.39. The normalized spacial score (nSPS) is 22.8. The van der Waals surface area contributed by atoms with Gasteiger partial charge in [0.15, 0.2) is 0 Å². The number of rotatable bonds is 2. The van der Waals surface area contributed by atoms with E-state index in [9.17, 15) is 27.6 Å². The van der Waals surface area contributed by atoms with E-state index in [1.807, 2.05) is 0 Å². The average molecular weight is 310 g/mol. The Hall–Kier alpha value is -1.80. The average Bonchev–Trinajstić information content (AvgIpc) is 2.62. The third-order valence-electron chi connectivity index (χ3n) is 3.77. The van der Waals surface area contributed by atoms with Crippen LogP contribution in [0.1, 0.15) is 27.2 Å². The quantitative estimate of drug-likeness (QED) is 0.737. The number of alkyl halides is 3. The smallest absolute Gasteiger partial charge is 0.408 e. The van der Waals surface area contributed by atoms with Crippen LogP contribution < -0.4 is 5.32 Å². The van der Waals surface area contributed by atoms with Crippen molar-refractivity contribution in [1.82, 2.24) is 10.2 Å². The van der Waals surface area contributed by atoms with Gasteiger partial charge in [0.2, 0.25) is 0 Å². The number of nitrogens with one attached hydrogen (secondary N) is 1. The van der Waals surface area contributed by atoms with Gasteiger partial charge in [-0.25, -0.2) is 0 Å². The van der Waals surface area contributed by atoms with E-state index in [2.05, 4.69) is 0 Å². The maximum atomic E-state index is 12.4. The Bertz CT molecular complexity index is 462. The molecule has 1 rings (SSSR count). The Balaban J connectivity index is 2.81. The molecule has 1 unspecified atom stereocenters. The van der Waals surface area contributed by atoms with Crippen LogP contribution in [0.15, 0.2) is 0 Å². The van der Waals surface area contributed by atoms with Crippen molar-refractivity contribution in [1.29, 1.82) is 0 Å². The molecule has 2 atom stereocenters. The maximum absolute atomic E-state index is 12.4. The van der Waals surface area contributed by atoms with E-state index in [1.54, 1.807) is 5.32 Å². The van der Waals surface area contributed by atoms with Crippen molar-refractivity contribution in [2.24, 2.45) is 5.92 Å². The van der Waals surface area contributed by atoms with Gasteiger partial charge >= 0.3 is 24.0 Å². The molecular formula is C12H17F3N2O4. The molecule has 2 N–H and O–H groups in total. The van der Waals surface area contributed by atoms with Gasteiger partial charge in [-0.2, -0.15) is 13.2 Å². The fourth-order valence-corrected chi connectivity index (χ4v) is 2.34. The molecule has 1 aliphatic rings. The van der Waals surface area contributed by atoms with Gasteiger partial charge in [-0.1, -0.05) is 0 Å². The van der Waals surface area contributed by atoms with Crippen LogP contribution in [0, 0.1) is 5.92 Å². The van der Waals surface area contributed by atoms with Gasteiger partial charge in [-0.15, -0.1) is 0 Å². The van der Waals surface area contributed by atoms with E-state index in [0.717, 1.165) is 11.8 Å². The summed E-state index contributed by atoms with van der Waals surface area (Å²) in [6.07, 6.45) is -4.50. The van der Waals surface area contributed by atoms with E-state index in [-0.39, 0.29) is 13.0 Å². The Morgan fingerprint density at radius 2 is 1.86 bits per heavy atom. The highest BCUT2D eigenvalue weighted by Gasteiger charge is 2.49. The molecule has 21 heavy (non-hydrogen) atoms. The number of carbonyl (C=O) groups excluding carboxylic acids is 2. The molecule has 1 saturated heterocycles. The molecule has 0 radical (unpaired) electrons. The van der Waals surface area contributed by atoms with Crippen LogP contribution in [0.2, 0.25) is 0 Å². The van der Waals surface area contributed by atoms with Gasteiger partial charge in [0.05, 0.1) is 11.5 Å². The second kappa shape index (κ2) is 5.53. The van der Waals surface area contributed by atoms with Crippen LogP contribution in [-0.2, 0) is 14.4 Å². The van der Waals surface area contributed by atoms with Crippen LogP contribution in [-0.4, -0.2) is 52.1 Å². The van der Waals surface area contributed by atoms with Gasteiger partial charge in [0.25, 0.3) is 0 Å². The second-order valence-electron chi connectivity index (χ2n) is 5.53. The van der Waals surface area contributed by atoms with Crippen molar-refractivity contribution in [3.63, 3.8) is 0 Å². The summed E-state index contributed by atoms with van der Waals surface area (Å²) < 4.78 is 37.1. The Morgan fingerprint density at radius 3 is 2.24 bits per heavy atom. The zero-order chi connectivity index (χ0) is 16.6. The third-order valence-corrected chi connectivity index (χ3v) is 3.77. The molecule has 120 valence electrons. The molecule has 1 aliphatic heterocycles. The molecular weight excluding hydrogens is 293 g/mol. The van der Waals surface area contributed by atoms with Crippen molar-refractivity contribution in [2.75, 3.05) is 6.54 Å². The summed E-state index contributed by atoms with van der Waals surface area (Å²) >= 11 is 0. The largest absolute Gasteiger partial charge is 0.481 e. The molecule has 2 amide bonds. The minimum absolute atomic E-state index is 0.0105. The number of carboxylic acids is 1. The topological polar surface area (TPSA) is 86.7 Å². The van der Waals surface area contributed by atoms with Crippen LogP contribution >= 0.6 is 0 Å². The summed E-state index contributed by atoms with van der Waals surface area (Å²) in [7, 11) is 0. The number of amides is 2. The van der Waals surface area contributed by atoms with Crippen molar-refractivity contribution in [2.45, 2.75) is 44.9 Å². The molecule has 0 aliphatic carbocycles. The van der Waals surface area contributed by atoms with Crippen LogP contribution in [0.4, 0.5) is 13.2 Å². The minimum Gasteiger partial charge on any atom is -0.481 e. The van der Waals surface area contributed by atoms with Crippen molar-refractivity contribution in [3.8, 4) is 0 Å². The maximum Gasteiger partial charge on any atom is 0.408 e. The van der Waals surface area contributed by atoms with E-state index >= 15 is 0 Å². The van der Waals surface area contributed by atoms with Crippen LogP contribution in [0.5, 0.6) is 0 Å². The number of carbonyl (C=O) groups is 3. The summed E-state index contributed by atoms with van der Waals surface area (Å²) in [6, 6.07) is -2.16. The first-order valence-electron chi connectivity index (χ1n) is 6.31. The van der Waals surface area contributed by atoms with Crippen molar-refractivity contribution >= 4 is 17.8 Å².